The van der Waals surface area contributed by atoms with Gasteiger partial charge in [0.05, 0.1) is 26.8 Å². The number of alkyl halides is 1. The van der Waals surface area contributed by atoms with Crippen molar-refractivity contribution >= 4 is 50.4 Å². The van der Waals surface area contributed by atoms with Gasteiger partial charge in [-0.2, -0.15) is 0 Å². The zero-order chi connectivity index (χ0) is 18.8. The molecule has 0 saturated carbocycles. The Kier molecular flexibility index (Phi) is 5.67. The number of unbranched alkanes of at least 4 members (excludes halogenated alkanes) is 1. The molecule has 0 spiro atoms. The molecule has 0 aliphatic carbocycles. The molecule has 9 heteroatoms. The van der Waals surface area contributed by atoms with E-state index in [1.807, 2.05) is 0 Å². The van der Waals surface area contributed by atoms with Gasteiger partial charge in [0.15, 0.2) is 0 Å². The summed E-state index contributed by atoms with van der Waals surface area (Å²) in [5.74, 6) is -1.89. The quantitative estimate of drug-likeness (QED) is 0.408. The number of nitrogens with zero attached hydrogens (tertiary/aromatic N) is 1. The molecule has 0 bridgehead atoms. The van der Waals surface area contributed by atoms with E-state index in [9.17, 15) is 23.4 Å². The first kappa shape index (κ1) is 18.9. The van der Waals surface area contributed by atoms with Crippen molar-refractivity contribution in [2.45, 2.75) is 36.6 Å². The molecular weight excluding hydrogens is 424 g/mol. The monoisotopic (exact) mass is 440 g/mol. The van der Waals surface area contributed by atoms with E-state index in [4.69, 9.17) is 0 Å². The molecule has 4 amide bonds. The highest BCUT2D eigenvalue weighted by atomic mass is 79.9. The van der Waals surface area contributed by atoms with Crippen LogP contribution in [0.5, 0.6) is 0 Å². The fourth-order valence-electron chi connectivity index (χ4n) is 3.11. The zero-order valence-corrected chi connectivity index (χ0v) is 16.2. The van der Waals surface area contributed by atoms with Crippen molar-refractivity contribution in [3.63, 3.8) is 0 Å². The van der Waals surface area contributed by atoms with Crippen LogP contribution in [0.1, 0.15) is 46.4 Å². The Morgan fingerprint density at radius 2 is 1.92 bits per heavy atom. The fourth-order valence-corrected chi connectivity index (χ4v) is 4.85. The molecular formula is C17H17BrN2O5S. The summed E-state index contributed by atoms with van der Waals surface area (Å²) in [7, 11) is -1.41. The number of carbonyl (C=O) groups excluding carboxylic acids is 4. The summed E-state index contributed by atoms with van der Waals surface area (Å²) in [5, 5.41) is 2.96. The standard InChI is InChI=1S/C17H17BrN2O5S/c18-8-1-2-9-26(25)12-5-3-4-10-14(12)17(24)20(16(10)23)11-6-7-13(21)19-15(11)22/h3-5,11H,1-2,6-9H2,(H,19,21,22). The summed E-state index contributed by atoms with van der Waals surface area (Å²) in [6.45, 7) is 0. The summed E-state index contributed by atoms with van der Waals surface area (Å²) in [6, 6.07) is 3.66. The number of halogens is 1. The van der Waals surface area contributed by atoms with Crippen LogP contribution in [0, 0.1) is 0 Å². The second kappa shape index (κ2) is 7.79. The minimum Gasteiger partial charge on any atom is -0.295 e. The number of hydrogen-bond donors (Lipinski definition) is 1. The Morgan fingerprint density at radius 3 is 2.62 bits per heavy atom. The molecule has 0 radical (unpaired) electrons. The van der Waals surface area contributed by atoms with Crippen molar-refractivity contribution in [1.29, 1.82) is 0 Å². The SMILES string of the molecule is O=C1CCC(N2C(=O)c3cccc(S(=O)CCCCBr)c3C2=O)C(=O)N1. The first-order chi connectivity index (χ1) is 12.5. The van der Waals surface area contributed by atoms with Crippen LogP contribution in [-0.2, 0) is 20.4 Å². The summed E-state index contributed by atoms with van der Waals surface area (Å²) in [4.78, 5) is 50.2. The molecule has 1 fully saturated rings. The highest BCUT2D eigenvalue weighted by Crippen LogP contribution is 2.31. The molecule has 3 rings (SSSR count). The maximum atomic E-state index is 12.9. The smallest absolute Gasteiger partial charge is 0.263 e. The lowest BCUT2D eigenvalue weighted by Gasteiger charge is -2.27. The number of hydrogen-bond acceptors (Lipinski definition) is 5. The lowest BCUT2D eigenvalue weighted by atomic mass is 10.0. The van der Waals surface area contributed by atoms with E-state index in [0.717, 1.165) is 23.1 Å². The van der Waals surface area contributed by atoms with Crippen LogP contribution in [0.4, 0.5) is 0 Å². The topological polar surface area (TPSA) is 101 Å². The molecule has 1 N–H and O–H groups in total. The molecule has 138 valence electrons. The minimum absolute atomic E-state index is 0.0646. The Balaban J connectivity index is 1.90. The van der Waals surface area contributed by atoms with Crippen LogP contribution in [0.25, 0.3) is 0 Å². The second-order valence-electron chi connectivity index (χ2n) is 6.07. The van der Waals surface area contributed by atoms with Gasteiger partial charge in [-0.05, 0) is 31.4 Å². The number of amides is 4. The van der Waals surface area contributed by atoms with E-state index >= 15 is 0 Å². The van der Waals surface area contributed by atoms with Crippen molar-refractivity contribution in [3.05, 3.63) is 29.3 Å². The maximum absolute atomic E-state index is 12.9. The van der Waals surface area contributed by atoms with Crippen LogP contribution < -0.4 is 5.32 Å². The van der Waals surface area contributed by atoms with Gasteiger partial charge in [0, 0.05) is 17.5 Å². The molecule has 1 aromatic rings. The number of fused-ring (bicyclic) bond motifs is 1. The van der Waals surface area contributed by atoms with Crippen molar-refractivity contribution < 1.29 is 23.4 Å². The molecule has 1 aromatic carbocycles. The number of carbonyl (C=O) groups is 4. The molecule has 2 aliphatic heterocycles. The molecule has 2 aliphatic rings. The molecule has 26 heavy (non-hydrogen) atoms. The Hall–Kier alpha value is -1.87. The van der Waals surface area contributed by atoms with Gasteiger partial charge in [-0.1, -0.05) is 22.0 Å². The number of rotatable bonds is 6. The van der Waals surface area contributed by atoms with Crippen LogP contribution in [-0.4, -0.2) is 49.9 Å². The molecule has 0 aromatic heterocycles. The largest absolute Gasteiger partial charge is 0.295 e. The zero-order valence-electron chi connectivity index (χ0n) is 13.8. The van der Waals surface area contributed by atoms with E-state index in [1.54, 1.807) is 12.1 Å². The first-order valence-corrected chi connectivity index (χ1v) is 10.7. The van der Waals surface area contributed by atoms with E-state index in [2.05, 4.69) is 21.2 Å². The summed E-state index contributed by atoms with van der Waals surface area (Å²) in [6.07, 6.45) is 1.74. The van der Waals surface area contributed by atoms with Gasteiger partial charge in [0.1, 0.15) is 6.04 Å². The van der Waals surface area contributed by atoms with E-state index in [-0.39, 0.29) is 24.0 Å². The molecule has 7 nitrogen and oxygen atoms in total. The number of nitrogens with one attached hydrogen (secondary N) is 1. The van der Waals surface area contributed by atoms with Crippen molar-refractivity contribution in [2.24, 2.45) is 0 Å². The average Bonchev–Trinajstić information content (AvgIpc) is 2.87. The number of benzene rings is 1. The van der Waals surface area contributed by atoms with Crippen LogP contribution >= 0.6 is 15.9 Å². The van der Waals surface area contributed by atoms with Crippen molar-refractivity contribution in [2.75, 3.05) is 11.1 Å². The highest BCUT2D eigenvalue weighted by Gasteiger charge is 2.45. The normalized spacial score (nSPS) is 21.0. The van der Waals surface area contributed by atoms with Gasteiger partial charge in [0.2, 0.25) is 11.8 Å². The molecule has 1 saturated heterocycles. The lowest BCUT2D eigenvalue weighted by molar-refractivity contribution is -0.136. The third-order valence-corrected chi connectivity index (χ3v) is 6.44. The predicted octanol–water partition coefficient (Wildman–Crippen LogP) is 1.37. The van der Waals surface area contributed by atoms with Gasteiger partial charge < -0.3 is 0 Å². The summed E-state index contributed by atoms with van der Waals surface area (Å²) < 4.78 is 12.6. The summed E-state index contributed by atoms with van der Waals surface area (Å²) in [5.41, 5.74) is 0.269. The van der Waals surface area contributed by atoms with Crippen LogP contribution in [0.2, 0.25) is 0 Å². The summed E-state index contributed by atoms with van der Waals surface area (Å²) >= 11 is 3.32. The van der Waals surface area contributed by atoms with E-state index in [1.165, 1.54) is 6.07 Å². The average molecular weight is 441 g/mol. The van der Waals surface area contributed by atoms with Crippen LogP contribution in [0.15, 0.2) is 23.1 Å². The van der Waals surface area contributed by atoms with Gasteiger partial charge in [-0.25, -0.2) is 0 Å². The fraction of sp³-hybridized carbons (Fsp3) is 0.412. The number of piperidine rings is 1. The third-order valence-electron chi connectivity index (χ3n) is 4.39. The first-order valence-electron chi connectivity index (χ1n) is 8.24. The number of imide groups is 2. The van der Waals surface area contributed by atoms with E-state index in [0.29, 0.717) is 10.6 Å². The minimum atomic E-state index is -1.41. The van der Waals surface area contributed by atoms with E-state index < -0.39 is 40.5 Å². The molecule has 2 unspecified atom stereocenters. The molecule has 2 atom stereocenters. The Labute approximate surface area is 161 Å². The van der Waals surface area contributed by atoms with Crippen LogP contribution in [0.3, 0.4) is 0 Å². The Morgan fingerprint density at radius 1 is 1.15 bits per heavy atom. The van der Waals surface area contributed by atoms with Crippen molar-refractivity contribution in [3.8, 4) is 0 Å². The van der Waals surface area contributed by atoms with Gasteiger partial charge in [0.25, 0.3) is 11.8 Å². The molecule has 2 heterocycles. The predicted molar refractivity (Wildman–Crippen MR) is 97.4 cm³/mol. The Bertz CT molecular complexity index is 825. The maximum Gasteiger partial charge on any atom is 0.263 e. The highest BCUT2D eigenvalue weighted by molar-refractivity contribution is 9.09. The lowest BCUT2D eigenvalue weighted by Crippen LogP contribution is -2.54. The van der Waals surface area contributed by atoms with Gasteiger partial charge in [-0.15, -0.1) is 0 Å². The third kappa shape index (κ3) is 3.37. The van der Waals surface area contributed by atoms with Crippen molar-refractivity contribution in [1.82, 2.24) is 10.2 Å². The van der Waals surface area contributed by atoms with Gasteiger partial charge in [-0.3, -0.25) is 33.6 Å². The van der Waals surface area contributed by atoms with Gasteiger partial charge >= 0.3 is 0 Å². The second-order valence-corrected chi connectivity index (χ2v) is 8.40.